The molecule has 0 saturated heterocycles. The van der Waals surface area contributed by atoms with Gasteiger partial charge >= 0.3 is 0 Å². The molecular weight excluding hydrogens is 226 g/mol. The molecule has 0 saturated carbocycles. The zero-order valence-corrected chi connectivity index (χ0v) is 11.1. The van der Waals surface area contributed by atoms with Gasteiger partial charge in [-0.1, -0.05) is 30.4 Å². The number of nitrogens with two attached hydrogens (primary N) is 1. The lowest BCUT2D eigenvalue weighted by atomic mass is 9.97. The molecule has 1 aliphatic heterocycles. The second kappa shape index (κ2) is 5.55. The maximum atomic E-state index is 6.15. The van der Waals surface area contributed by atoms with Gasteiger partial charge in [0.05, 0.1) is 12.7 Å². The molecule has 1 heterocycles. The topological polar surface area (TPSA) is 44.5 Å². The van der Waals surface area contributed by atoms with Crippen molar-refractivity contribution in [1.82, 2.24) is 0 Å². The van der Waals surface area contributed by atoms with E-state index in [-0.39, 0.29) is 18.2 Å². The summed E-state index contributed by atoms with van der Waals surface area (Å²) in [7, 11) is 0. The lowest BCUT2D eigenvalue weighted by Crippen LogP contribution is -2.34. The molecule has 1 aliphatic rings. The summed E-state index contributed by atoms with van der Waals surface area (Å²) in [5, 5.41) is 0. The molecule has 2 N–H and O–H groups in total. The average Bonchev–Trinajstić information content (AvgIpc) is 2.36. The standard InChI is InChI=1S/C15H21NO2/c1-10(2)11(3)17-9-12-8-14(16)13-6-4-5-7-15(13)18-12/h4-7,11-12,14H,1,8-9,16H2,2-3H3/t11?,12-,14-/m0/s1. The zero-order chi connectivity index (χ0) is 13.1. The van der Waals surface area contributed by atoms with E-state index in [9.17, 15) is 0 Å². The summed E-state index contributed by atoms with van der Waals surface area (Å²) in [5.74, 6) is 0.882. The van der Waals surface area contributed by atoms with E-state index in [1.807, 2.05) is 38.1 Å². The van der Waals surface area contributed by atoms with Crippen LogP contribution < -0.4 is 10.5 Å². The van der Waals surface area contributed by atoms with Crippen LogP contribution in [-0.4, -0.2) is 18.8 Å². The predicted molar refractivity (Wildman–Crippen MR) is 72.6 cm³/mol. The van der Waals surface area contributed by atoms with Crippen LogP contribution in [0.25, 0.3) is 0 Å². The quantitative estimate of drug-likeness (QED) is 0.832. The number of hydrogen-bond acceptors (Lipinski definition) is 3. The van der Waals surface area contributed by atoms with E-state index in [0.29, 0.717) is 6.61 Å². The van der Waals surface area contributed by atoms with Gasteiger partial charge in [-0.25, -0.2) is 0 Å². The van der Waals surface area contributed by atoms with Gasteiger partial charge in [-0.3, -0.25) is 0 Å². The smallest absolute Gasteiger partial charge is 0.124 e. The number of hydrogen-bond donors (Lipinski definition) is 1. The van der Waals surface area contributed by atoms with Gasteiger partial charge in [0.1, 0.15) is 11.9 Å². The highest BCUT2D eigenvalue weighted by atomic mass is 16.5. The summed E-state index contributed by atoms with van der Waals surface area (Å²) in [6.07, 6.45) is 0.874. The number of rotatable bonds is 4. The highest BCUT2D eigenvalue weighted by molar-refractivity contribution is 5.37. The normalized spacial score (nSPS) is 23.9. The van der Waals surface area contributed by atoms with Gasteiger partial charge in [0.2, 0.25) is 0 Å². The van der Waals surface area contributed by atoms with E-state index in [0.717, 1.165) is 23.3 Å². The van der Waals surface area contributed by atoms with Gasteiger partial charge in [0.25, 0.3) is 0 Å². The van der Waals surface area contributed by atoms with Crippen molar-refractivity contribution in [1.29, 1.82) is 0 Å². The van der Waals surface area contributed by atoms with E-state index >= 15 is 0 Å². The van der Waals surface area contributed by atoms with Gasteiger partial charge in [-0.15, -0.1) is 0 Å². The van der Waals surface area contributed by atoms with Crippen LogP contribution in [-0.2, 0) is 4.74 Å². The first-order chi connectivity index (χ1) is 8.58. The van der Waals surface area contributed by atoms with E-state index in [4.69, 9.17) is 15.2 Å². The molecule has 3 heteroatoms. The van der Waals surface area contributed by atoms with E-state index in [1.165, 1.54) is 0 Å². The number of fused-ring (bicyclic) bond motifs is 1. The maximum Gasteiger partial charge on any atom is 0.124 e. The molecule has 1 unspecified atom stereocenters. The lowest BCUT2D eigenvalue weighted by molar-refractivity contribution is 0.0116. The first kappa shape index (κ1) is 13.1. The van der Waals surface area contributed by atoms with Crippen molar-refractivity contribution in [3.8, 4) is 5.75 Å². The molecule has 0 aliphatic carbocycles. The molecule has 0 bridgehead atoms. The number of benzene rings is 1. The van der Waals surface area contributed by atoms with Gasteiger partial charge in [0.15, 0.2) is 0 Å². The largest absolute Gasteiger partial charge is 0.488 e. The van der Waals surface area contributed by atoms with Gasteiger partial charge in [0, 0.05) is 18.0 Å². The van der Waals surface area contributed by atoms with Crippen molar-refractivity contribution >= 4 is 0 Å². The average molecular weight is 247 g/mol. The van der Waals surface area contributed by atoms with Crippen LogP contribution in [0.4, 0.5) is 0 Å². The monoisotopic (exact) mass is 247 g/mol. The number of para-hydroxylation sites is 1. The SMILES string of the molecule is C=C(C)C(C)OC[C@@H]1C[C@H](N)c2ccccc2O1. The molecule has 2 rings (SSSR count). The summed E-state index contributed by atoms with van der Waals surface area (Å²) in [6, 6.07) is 7.97. The van der Waals surface area contributed by atoms with Gasteiger partial charge < -0.3 is 15.2 Å². The van der Waals surface area contributed by atoms with Crippen LogP contribution in [0, 0.1) is 0 Å². The van der Waals surface area contributed by atoms with E-state index in [1.54, 1.807) is 0 Å². The minimum atomic E-state index is 0.0247. The molecule has 0 aromatic heterocycles. The third kappa shape index (κ3) is 2.92. The van der Waals surface area contributed by atoms with Crippen LogP contribution in [0.5, 0.6) is 5.75 Å². The molecule has 0 amide bonds. The Kier molecular flexibility index (Phi) is 4.04. The van der Waals surface area contributed by atoms with Crippen LogP contribution in [0.15, 0.2) is 36.4 Å². The Morgan fingerprint density at radius 3 is 3.00 bits per heavy atom. The molecule has 3 nitrogen and oxygen atoms in total. The Bertz CT molecular complexity index is 430. The van der Waals surface area contributed by atoms with Crippen LogP contribution in [0.1, 0.15) is 31.9 Å². The third-order valence-corrected chi connectivity index (χ3v) is 3.36. The molecule has 3 atom stereocenters. The molecular formula is C15H21NO2. The molecule has 0 fully saturated rings. The van der Waals surface area contributed by atoms with Crippen molar-refractivity contribution in [3.05, 3.63) is 42.0 Å². The van der Waals surface area contributed by atoms with Crippen LogP contribution in [0.2, 0.25) is 0 Å². The fourth-order valence-corrected chi connectivity index (χ4v) is 2.03. The minimum absolute atomic E-state index is 0.0247. The predicted octanol–water partition coefficient (Wildman–Crippen LogP) is 2.82. The van der Waals surface area contributed by atoms with Crippen molar-refractivity contribution in [2.75, 3.05) is 6.61 Å². The van der Waals surface area contributed by atoms with Crippen molar-refractivity contribution in [2.24, 2.45) is 5.73 Å². The Labute approximate surface area is 109 Å². The van der Waals surface area contributed by atoms with Gasteiger partial charge in [-0.05, 0) is 19.9 Å². The third-order valence-electron chi connectivity index (χ3n) is 3.36. The molecule has 18 heavy (non-hydrogen) atoms. The van der Waals surface area contributed by atoms with Crippen molar-refractivity contribution in [2.45, 2.75) is 38.5 Å². The Balaban J connectivity index is 1.96. The molecule has 0 spiro atoms. The molecule has 1 aromatic rings. The Morgan fingerprint density at radius 2 is 2.28 bits per heavy atom. The van der Waals surface area contributed by atoms with Crippen molar-refractivity contribution < 1.29 is 9.47 Å². The zero-order valence-electron chi connectivity index (χ0n) is 11.1. The maximum absolute atomic E-state index is 6.15. The second-order valence-corrected chi connectivity index (χ2v) is 4.94. The summed E-state index contributed by atoms with van der Waals surface area (Å²) in [5.41, 5.74) is 8.26. The minimum Gasteiger partial charge on any atom is -0.488 e. The summed E-state index contributed by atoms with van der Waals surface area (Å²) in [6.45, 7) is 8.40. The van der Waals surface area contributed by atoms with Crippen LogP contribution in [0.3, 0.4) is 0 Å². The summed E-state index contributed by atoms with van der Waals surface area (Å²) in [4.78, 5) is 0. The fraction of sp³-hybridized carbons (Fsp3) is 0.467. The Morgan fingerprint density at radius 1 is 1.56 bits per heavy atom. The molecule has 1 aromatic carbocycles. The van der Waals surface area contributed by atoms with Crippen LogP contribution >= 0.6 is 0 Å². The first-order valence-corrected chi connectivity index (χ1v) is 6.36. The van der Waals surface area contributed by atoms with Crippen molar-refractivity contribution in [3.63, 3.8) is 0 Å². The number of ether oxygens (including phenoxy) is 2. The Hall–Kier alpha value is -1.32. The fourth-order valence-electron chi connectivity index (χ4n) is 2.03. The summed E-state index contributed by atoms with van der Waals surface area (Å²) >= 11 is 0. The highest BCUT2D eigenvalue weighted by Gasteiger charge is 2.26. The first-order valence-electron chi connectivity index (χ1n) is 6.36. The molecule has 0 radical (unpaired) electrons. The van der Waals surface area contributed by atoms with Gasteiger partial charge in [-0.2, -0.15) is 0 Å². The second-order valence-electron chi connectivity index (χ2n) is 4.94. The van der Waals surface area contributed by atoms with E-state index in [2.05, 4.69) is 6.58 Å². The van der Waals surface area contributed by atoms with E-state index < -0.39 is 0 Å². The molecule has 98 valence electrons. The lowest BCUT2D eigenvalue weighted by Gasteiger charge is -2.30. The highest BCUT2D eigenvalue weighted by Crippen LogP contribution is 2.33. The summed E-state index contributed by atoms with van der Waals surface area (Å²) < 4.78 is 11.6.